The highest BCUT2D eigenvalue weighted by atomic mass is 35.5. The van der Waals surface area contributed by atoms with Gasteiger partial charge in [-0.2, -0.15) is 8.42 Å². The van der Waals surface area contributed by atoms with E-state index in [2.05, 4.69) is 5.32 Å². The number of fused-ring (bicyclic) bond motifs is 1. The number of phenols is 1. The predicted octanol–water partition coefficient (Wildman–Crippen LogP) is 3.27. The lowest BCUT2D eigenvalue weighted by Gasteiger charge is -2.13. The van der Waals surface area contributed by atoms with Crippen molar-refractivity contribution in [2.75, 3.05) is 13.1 Å². The van der Waals surface area contributed by atoms with E-state index in [0.717, 1.165) is 16.2 Å². The van der Waals surface area contributed by atoms with E-state index in [1.165, 1.54) is 36.4 Å². The number of aryl methyl sites for hydroxylation is 1. The first kappa shape index (κ1) is 28.5. The molecule has 3 aromatic rings. The van der Waals surface area contributed by atoms with Crippen molar-refractivity contribution in [2.45, 2.75) is 37.0 Å². The molecular formula is C25H23ClN2O9S2. The van der Waals surface area contributed by atoms with Crippen molar-refractivity contribution >= 4 is 61.7 Å². The fourth-order valence-corrected chi connectivity index (χ4v) is 6.48. The van der Waals surface area contributed by atoms with Crippen LogP contribution >= 0.6 is 22.9 Å². The average molecular weight is 595 g/mol. The number of amides is 3. The molecule has 0 fully saturated rings. The van der Waals surface area contributed by atoms with Gasteiger partial charge in [-0.1, -0.05) is 18.0 Å². The molecule has 3 N–H and O–H groups in total. The van der Waals surface area contributed by atoms with Crippen LogP contribution in [0.1, 0.15) is 30.6 Å². The van der Waals surface area contributed by atoms with Crippen molar-refractivity contribution in [3.63, 3.8) is 0 Å². The maximum absolute atomic E-state index is 12.6. The zero-order valence-corrected chi connectivity index (χ0v) is 22.7. The third-order valence-electron chi connectivity index (χ3n) is 5.98. The summed E-state index contributed by atoms with van der Waals surface area (Å²) in [5.74, 6) is -1.32. The number of nitrogens with zero attached hydrogens (tertiary/aromatic N) is 1. The predicted molar refractivity (Wildman–Crippen MR) is 143 cm³/mol. The maximum atomic E-state index is 12.6. The molecule has 0 spiro atoms. The Morgan fingerprint density at radius 2 is 1.77 bits per heavy atom. The summed E-state index contributed by atoms with van der Waals surface area (Å²) in [7, 11) is -4.57. The van der Waals surface area contributed by atoms with Crippen molar-refractivity contribution in [3.05, 3.63) is 56.7 Å². The third-order valence-corrected chi connectivity index (χ3v) is 8.56. The first-order valence-electron chi connectivity index (χ1n) is 11.8. The van der Waals surface area contributed by atoms with Gasteiger partial charge in [-0.15, -0.1) is 11.3 Å². The minimum atomic E-state index is -4.57. The normalized spacial score (nSPS) is 13.5. The van der Waals surface area contributed by atoms with Crippen LogP contribution in [0.4, 0.5) is 0 Å². The van der Waals surface area contributed by atoms with Crippen LogP contribution in [0.15, 0.2) is 50.5 Å². The molecule has 11 nitrogen and oxygen atoms in total. The number of unbranched alkanes of at least 4 members (excludes halogenated alkanes) is 2. The minimum absolute atomic E-state index is 0.0515. The average Bonchev–Trinajstić information content (AvgIpc) is 3.43. The van der Waals surface area contributed by atoms with Crippen LogP contribution in [0.2, 0.25) is 5.02 Å². The summed E-state index contributed by atoms with van der Waals surface area (Å²) in [6.07, 6.45) is 4.44. The Kier molecular flexibility index (Phi) is 8.54. The van der Waals surface area contributed by atoms with Crippen molar-refractivity contribution in [1.29, 1.82) is 0 Å². The van der Waals surface area contributed by atoms with Crippen molar-refractivity contribution in [3.8, 4) is 16.2 Å². The fraction of sp³-hybridized carbons (Fsp3) is 0.280. The summed E-state index contributed by atoms with van der Waals surface area (Å²) >= 11 is 6.98. The van der Waals surface area contributed by atoms with Gasteiger partial charge >= 0.3 is 5.63 Å². The molecule has 1 aliphatic rings. The quantitative estimate of drug-likeness (QED) is 0.130. The lowest BCUT2D eigenvalue weighted by atomic mass is 10.1. The highest BCUT2D eigenvalue weighted by Gasteiger charge is 2.23. The molecule has 1 aromatic carbocycles. The van der Waals surface area contributed by atoms with Gasteiger partial charge in [0.1, 0.15) is 16.2 Å². The van der Waals surface area contributed by atoms with E-state index in [0.29, 0.717) is 29.5 Å². The molecule has 39 heavy (non-hydrogen) atoms. The van der Waals surface area contributed by atoms with Crippen molar-refractivity contribution in [1.82, 2.24) is 10.2 Å². The van der Waals surface area contributed by atoms with Crippen LogP contribution in [0, 0.1) is 0 Å². The summed E-state index contributed by atoms with van der Waals surface area (Å²) < 4.78 is 39.0. The first-order chi connectivity index (χ1) is 18.4. The number of hydrogen-bond donors (Lipinski definition) is 3. The van der Waals surface area contributed by atoms with Crippen molar-refractivity contribution in [2.24, 2.45) is 0 Å². The number of rotatable bonds is 11. The second-order valence-electron chi connectivity index (χ2n) is 8.73. The molecule has 0 radical (unpaired) electrons. The summed E-state index contributed by atoms with van der Waals surface area (Å²) in [4.78, 5) is 49.0. The number of thiophene rings is 1. The lowest BCUT2D eigenvalue weighted by Crippen LogP contribution is -2.38. The number of aromatic hydroxyl groups is 1. The molecule has 0 bridgehead atoms. The molecule has 3 heterocycles. The van der Waals surface area contributed by atoms with Gasteiger partial charge < -0.3 is 14.8 Å². The van der Waals surface area contributed by atoms with Crippen LogP contribution in [0.25, 0.3) is 21.4 Å². The molecule has 0 saturated heterocycles. The molecule has 0 saturated carbocycles. The zero-order chi connectivity index (χ0) is 28.3. The number of imide groups is 1. The van der Waals surface area contributed by atoms with Gasteiger partial charge in [-0.3, -0.25) is 23.8 Å². The topological polar surface area (TPSA) is 171 Å². The fourth-order valence-electron chi connectivity index (χ4n) is 4.03. The van der Waals surface area contributed by atoms with Gasteiger partial charge in [0.05, 0.1) is 10.6 Å². The highest BCUT2D eigenvalue weighted by molar-refractivity contribution is 7.86. The third kappa shape index (κ3) is 6.74. The van der Waals surface area contributed by atoms with Crippen molar-refractivity contribution < 1.29 is 36.9 Å². The summed E-state index contributed by atoms with van der Waals surface area (Å²) in [6.45, 7) is 0.227. The van der Waals surface area contributed by atoms with Gasteiger partial charge in [0.15, 0.2) is 0 Å². The second-order valence-corrected chi connectivity index (χ2v) is 11.7. The molecule has 4 rings (SSSR count). The maximum Gasteiger partial charge on any atom is 0.345 e. The molecule has 206 valence electrons. The van der Waals surface area contributed by atoms with E-state index in [9.17, 15) is 37.3 Å². The Hall–Kier alpha value is -3.52. The number of carbonyl (C=O) groups excluding carboxylic acids is 3. The van der Waals surface area contributed by atoms with Crippen LogP contribution < -0.4 is 10.9 Å². The van der Waals surface area contributed by atoms with E-state index in [1.54, 1.807) is 0 Å². The summed E-state index contributed by atoms with van der Waals surface area (Å²) in [6, 6.07) is 5.31. The summed E-state index contributed by atoms with van der Waals surface area (Å²) in [5.41, 5.74) is -0.564. The highest BCUT2D eigenvalue weighted by Crippen LogP contribution is 2.36. The molecule has 0 aliphatic carbocycles. The van der Waals surface area contributed by atoms with Gasteiger partial charge in [0, 0.05) is 52.9 Å². The smallest absolute Gasteiger partial charge is 0.345 e. The van der Waals surface area contributed by atoms with E-state index in [1.807, 2.05) is 0 Å². The van der Waals surface area contributed by atoms with Crippen LogP contribution in [0.3, 0.4) is 0 Å². The van der Waals surface area contributed by atoms with Gasteiger partial charge in [0.25, 0.3) is 21.9 Å². The number of hydrogen-bond acceptors (Lipinski definition) is 9. The molecule has 0 unspecified atom stereocenters. The molecule has 3 amide bonds. The van der Waals surface area contributed by atoms with Crippen LogP contribution in [0.5, 0.6) is 5.75 Å². The molecular weight excluding hydrogens is 572 g/mol. The molecule has 2 aromatic heterocycles. The van der Waals surface area contributed by atoms with E-state index >= 15 is 0 Å². The largest absolute Gasteiger partial charge is 0.506 e. The van der Waals surface area contributed by atoms with Crippen LogP contribution in [-0.4, -0.2) is 53.8 Å². The Morgan fingerprint density at radius 3 is 2.46 bits per heavy atom. The van der Waals surface area contributed by atoms with E-state index < -0.39 is 27.6 Å². The monoisotopic (exact) mass is 594 g/mol. The summed E-state index contributed by atoms with van der Waals surface area (Å²) in [5, 5.41) is 12.9. The number of nitrogens with one attached hydrogen (secondary N) is 1. The minimum Gasteiger partial charge on any atom is -0.506 e. The Bertz CT molecular complexity index is 1640. The van der Waals surface area contributed by atoms with Gasteiger partial charge in [-0.05, 0) is 37.5 Å². The zero-order valence-electron chi connectivity index (χ0n) is 20.3. The molecule has 14 heteroatoms. The Morgan fingerprint density at radius 1 is 1.05 bits per heavy atom. The van der Waals surface area contributed by atoms with E-state index in [-0.39, 0.29) is 63.5 Å². The second kappa shape index (κ2) is 11.7. The standard InChI is InChI=1S/C25H23ClN2O9S2/c26-16-11-14-10-15(25(33)37-18(14)12-17(16)29)20-13-21(39(34,35)36)19(38-20)4-2-1-3-5-22(30)27-8-9-28-23(31)6-7-24(28)32/h6-7,10-13,29H,1-5,8-9H2,(H,27,30)(H,34,35,36). The first-order valence-corrected chi connectivity index (χ1v) is 14.4. The van der Waals surface area contributed by atoms with Gasteiger partial charge in [0.2, 0.25) is 5.91 Å². The van der Waals surface area contributed by atoms with Crippen LogP contribution in [-0.2, 0) is 30.9 Å². The number of benzene rings is 1. The van der Waals surface area contributed by atoms with E-state index in [4.69, 9.17) is 16.0 Å². The number of phenolic OH excluding ortho intramolecular Hbond substituents is 1. The molecule has 0 atom stereocenters. The lowest BCUT2D eigenvalue weighted by molar-refractivity contribution is -0.137. The number of halogens is 1. The SMILES string of the molecule is O=C(CCCCCc1sc(-c2cc3cc(Cl)c(O)cc3oc2=O)cc1S(=O)(=O)O)NCCN1C(=O)C=CC1=O. The Labute approximate surface area is 231 Å². The van der Waals surface area contributed by atoms with Gasteiger partial charge in [-0.25, -0.2) is 4.79 Å². The Balaban J connectivity index is 1.35. The number of carbonyl (C=O) groups is 3. The molecule has 1 aliphatic heterocycles.